The Hall–Kier alpha value is -3.67. The molecule has 0 aromatic rings. The lowest BCUT2D eigenvalue weighted by atomic mass is 10.0. The maximum Gasteiger partial charge on any atom is 0.306 e. The zero-order valence-corrected chi connectivity index (χ0v) is 52.8. The molecule has 0 amide bonds. The maximum absolute atomic E-state index is 12.9. The van der Waals surface area contributed by atoms with Crippen LogP contribution >= 0.6 is 0 Å². The molecule has 0 aliphatic heterocycles. The molecule has 1 atom stereocenters. The summed E-state index contributed by atoms with van der Waals surface area (Å²) in [5, 5.41) is 0. The van der Waals surface area contributed by atoms with Gasteiger partial charge in [0.2, 0.25) is 0 Å². The van der Waals surface area contributed by atoms with E-state index < -0.39 is 6.10 Å². The summed E-state index contributed by atoms with van der Waals surface area (Å²) in [6.07, 6.45) is 91.4. The van der Waals surface area contributed by atoms with Crippen LogP contribution in [-0.4, -0.2) is 37.2 Å². The first-order valence-corrected chi connectivity index (χ1v) is 34.2. The van der Waals surface area contributed by atoms with Crippen molar-refractivity contribution >= 4 is 17.9 Å². The Kier molecular flexibility index (Phi) is 64.7. The molecule has 0 rings (SSSR count). The molecule has 0 N–H and O–H groups in total. The number of allylic oxidation sites excluding steroid dienone is 16. The lowest BCUT2D eigenvalue weighted by Crippen LogP contribution is -2.30. The van der Waals surface area contributed by atoms with Crippen molar-refractivity contribution in [1.82, 2.24) is 0 Å². The molecular formula is C74H128O6. The van der Waals surface area contributed by atoms with E-state index >= 15 is 0 Å². The first-order valence-electron chi connectivity index (χ1n) is 34.2. The number of hydrogen-bond donors (Lipinski definition) is 0. The number of esters is 3. The molecular weight excluding hydrogens is 985 g/mol. The minimum absolute atomic E-state index is 0.0904. The summed E-state index contributed by atoms with van der Waals surface area (Å²) in [5.41, 5.74) is 0. The molecule has 0 fully saturated rings. The Morgan fingerprint density at radius 2 is 0.487 bits per heavy atom. The standard InChI is InChI=1S/C74H128O6/c1-4-7-10-13-16-19-22-25-28-30-32-34-36-38-39-41-43-46-49-52-55-58-61-64-67-73(76)79-70-71(69-78-72(75)66-63-60-57-54-51-48-45-27-24-21-18-15-12-9-6-3)80-74(77)68-65-62-59-56-53-50-47-44-42-40-37-35-33-31-29-26-23-20-17-14-11-8-5-2/h8,11,17-18,20-21,26-27,29,33,35,40,42,45,47,50,71H,4-7,9-10,12-16,19,22-25,28,30-32,34,36-39,41,43-44,46,48-49,51-70H2,1-3H3/b11-8-,20-17-,21-18-,29-26-,35-33-,42-40-,45-27-,50-47-. The van der Waals surface area contributed by atoms with Crippen LogP contribution in [0.2, 0.25) is 0 Å². The molecule has 6 heteroatoms. The smallest absolute Gasteiger partial charge is 0.306 e. The largest absolute Gasteiger partial charge is 0.462 e. The number of carbonyl (C=O) groups excluding carboxylic acids is 3. The number of unbranched alkanes of at least 4 members (excludes halogenated alkanes) is 35. The quantitative estimate of drug-likeness (QED) is 0.0261. The van der Waals surface area contributed by atoms with Crippen LogP contribution in [0.4, 0.5) is 0 Å². The molecule has 0 spiro atoms. The molecule has 80 heavy (non-hydrogen) atoms. The average molecular weight is 1110 g/mol. The molecule has 0 aliphatic rings. The highest BCUT2D eigenvalue weighted by Crippen LogP contribution is 2.17. The Labute approximate surface area is 496 Å². The van der Waals surface area contributed by atoms with Gasteiger partial charge in [-0.25, -0.2) is 0 Å². The average Bonchev–Trinajstić information content (AvgIpc) is 3.46. The van der Waals surface area contributed by atoms with Gasteiger partial charge in [0.05, 0.1) is 0 Å². The third kappa shape index (κ3) is 65.1. The summed E-state index contributed by atoms with van der Waals surface area (Å²) < 4.78 is 16.9. The van der Waals surface area contributed by atoms with E-state index in [2.05, 4.69) is 118 Å². The fraction of sp³-hybridized carbons (Fsp3) is 0.743. The van der Waals surface area contributed by atoms with Gasteiger partial charge in [-0.05, 0) is 103 Å². The molecule has 0 saturated carbocycles. The number of hydrogen-bond acceptors (Lipinski definition) is 6. The van der Waals surface area contributed by atoms with Crippen LogP contribution in [0.3, 0.4) is 0 Å². The van der Waals surface area contributed by atoms with E-state index in [4.69, 9.17) is 14.2 Å². The van der Waals surface area contributed by atoms with Crippen LogP contribution in [0.25, 0.3) is 0 Å². The van der Waals surface area contributed by atoms with Gasteiger partial charge in [0.25, 0.3) is 0 Å². The van der Waals surface area contributed by atoms with Crippen molar-refractivity contribution in [3.8, 4) is 0 Å². The molecule has 460 valence electrons. The van der Waals surface area contributed by atoms with Gasteiger partial charge >= 0.3 is 17.9 Å². The Balaban J connectivity index is 4.38. The summed E-state index contributed by atoms with van der Waals surface area (Å²) in [7, 11) is 0. The lowest BCUT2D eigenvalue weighted by molar-refractivity contribution is -0.167. The third-order valence-corrected chi connectivity index (χ3v) is 14.8. The molecule has 1 unspecified atom stereocenters. The fourth-order valence-corrected chi connectivity index (χ4v) is 9.71. The summed E-state index contributed by atoms with van der Waals surface area (Å²) >= 11 is 0. The topological polar surface area (TPSA) is 78.9 Å². The van der Waals surface area contributed by atoms with Crippen LogP contribution in [0.1, 0.15) is 335 Å². The van der Waals surface area contributed by atoms with Crippen molar-refractivity contribution in [1.29, 1.82) is 0 Å². The zero-order chi connectivity index (χ0) is 57.8. The van der Waals surface area contributed by atoms with Gasteiger partial charge in [0, 0.05) is 19.3 Å². The van der Waals surface area contributed by atoms with Gasteiger partial charge < -0.3 is 14.2 Å². The van der Waals surface area contributed by atoms with E-state index in [-0.39, 0.29) is 31.1 Å². The van der Waals surface area contributed by atoms with Crippen molar-refractivity contribution in [2.24, 2.45) is 0 Å². The van der Waals surface area contributed by atoms with E-state index in [1.54, 1.807) is 0 Å². The van der Waals surface area contributed by atoms with E-state index in [1.807, 2.05) is 0 Å². The highest BCUT2D eigenvalue weighted by molar-refractivity contribution is 5.71. The van der Waals surface area contributed by atoms with Crippen LogP contribution in [0.15, 0.2) is 97.2 Å². The first-order chi connectivity index (χ1) is 39.5. The van der Waals surface area contributed by atoms with Crippen molar-refractivity contribution in [2.45, 2.75) is 341 Å². The van der Waals surface area contributed by atoms with Crippen LogP contribution in [0.5, 0.6) is 0 Å². The Morgan fingerprint density at radius 1 is 0.263 bits per heavy atom. The SMILES string of the molecule is CC/C=C\C/C=C\C/C=C\C/C=C\C/C=C\C/C=C\CCCCCCC(=O)OC(COC(=O)CCCCCCC/C=C\C/C=C\CCCCC)COC(=O)CCCCCCCCCCCCCCCCCCCCCCCCCC. The van der Waals surface area contributed by atoms with E-state index in [0.29, 0.717) is 19.3 Å². The molecule has 0 aromatic carbocycles. The molecule has 0 radical (unpaired) electrons. The summed E-state index contributed by atoms with van der Waals surface area (Å²) in [5.74, 6) is -0.916. The normalized spacial score (nSPS) is 12.7. The fourth-order valence-electron chi connectivity index (χ4n) is 9.71. The molecule has 0 aromatic heterocycles. The van der Waals surface area contributed by atoms with Gasteiger partial charge in [-0.15, -0.1) is 0 Å². The second kappa shape index (κ2) is 67.8. The lowest BCUT2D eigenvalue weighted by Gasteiger charge is -2.18. The van der Waals surface area contributed by atoms with Crippen LogP contribution < -0.4 is 0 Å². The minimum Gasteiger partial charge on any atom is -0.462 e. The number of rotatable bonds is 62. The van der Waals surface area contributed by atoms with Gasteiger partial charge in [-0.1, -0.05) is 311 Å². The maximum atomic E-state index is 12.9. The minimum atomic E-state index is -0.799. The van der Waals surface area contributed by atoms with Gasteiger partial charge in [0.1, 0.15) is 13.2 Å². The van der Waals surface area contributed by atoms with Crippen LogP contribution in [-0.2, 0) is 28.6 Å². The van der Waals surface area contributed by atoms with Crippen molar-refractivity contribution in [3.63, 3.8) is 0 Å². The number of carbonyl (C=O) groups is 3. The first kappa shape index (κ1) is 76.3. The second-order valence-corrected chi connectivity index (χ2v) is 22.7. The molecule has 0 heterocycles. The second-order valence-electron chi connectivity index (χ2n) is 22.7. The Bertz CT molecular complexity index is 1560. The monoisotopic (exact) mass is 1110 g/mol. The summed E-state index contributed by atoms with van der Waals surface area (Å²) in [6, 6.07) is 0. The predicted octanol–water partition coefficient (Wildman–Crippen LogP) is 23.6. The number of ether oxygens (including phenoxy) is 3. The van der Waals surface area contributed by atoms with E-state index in [9.17, 15) is 14.4 Å². The van der Waals surface area contributed by atoms with Crippen molar-refractivity contribution in [2.75, 3.05) is 13.2 Å². The Morgan fingerprint density at radius 3 is 0.787 bits per heavy atom. The summed E-state index contributed by atoms with van der Waals surface area (Å²) in [4.78, 5) is 38.4. The predicted molar refractivity (Wildman–Crippen MR) is 348 cm³/mol. The highest BCUT2D eigenvalue weighted by Gasteiger charge is 2.19. The molecule has 0 bridgehead atoms. The highest BCUT2D eigenvalue weighted by atomic mass is 16.6. The van der Waals surface area contributed by atoms with E-state index in [1.165, 1.54) is 161 Å². The third-order valence-electron chi connectivity index (χ3n) is 14.8. The van der Waals surface area contributed by atoms with Gasteiger partial charge in [-0.3, -0.25) is 14.4 Å². The van der Waals surface area contributed by atoms with Gasteiger partial charge in [-0.2, -0.15) is 0 Å². The van der Waals surface area contributed by atoms with E-state index in [0.717, 1.165) is 135 Å². The molecule has 6 nitrogen and oxygen atoms in total. The van der Waals surface area contributed by atoms with Crippen molar-refractivity contribution in [3.05, 3.63) is 97.2 Å². The molecule has 0 saturated heterocycles. The van der Waals surface area contributed by atoms with Gasteiger partial charge in [0.15, 0.2) is 6.10 Å². The zero-order valence-electron chi connectivity index (χ0n) is 52.8. The van der Waals surface area contributed by atoms with Crippen LogP contribution in [0, 0.1) is 0 Å². The summed E-state index contributed by atoms with van der Waals surface area (Å²) in [6.45, 7) is 6.51. The van der Waals surface area contributed by atoms with Crippen molar-refractivity contribution < 1.29 is 28.6 Å². The molecule has 0 aliphatic carbocycles.